The third-order valence-corrected chi connectivity index (χ3v) is 6.98. The number of likely N-dealkylation sites (N-methyl/N-ethyl adjacent to an activating group) is 1. The van der Waals surface area contributed by atoms with E-state index >= 15 is 0 Å². The first-order chi connectivity index (χ1) is 21.9. The number of rotatable bonds is 9. The molecule has 0 radical (unpaired) electrons. The van der Waals surface area contributed by atoms with Gasteiger partial charge in [-0.15, -0.1) is 0 Å². The normalized spacial score (nSPS) is 11.6. The zero-order valence-electron chi connectivity index (χ0n) is 29.0. The minimum absolute atomic E-state index is 0.325. The Kier molecular flexibility index (Phi) is 25.5. The van der Waals surface area contributed by atoms with Crippen LogP contribution in [0.4, 0.5) is 22.7 Å². The number of carbonyl (C=O) groups excluding carboxylic acids is 3. The predicted molar refractivity (Wildman–Crippen MR) is 189 cm³/mol. The fourth-order valence-corrected chi connectivity index (χ4v) is 4.72. The molecule has 1 aliphatic rings. The molecular weight excluding hydrogens is 590 g/mol. The molecule has 0 amide bonds. The molecular formula is C33H55N7O4S. The van der Waals surface area contributed by atoms with Crippen LogP contribution in [0.5, 0.6) is 0 Å². The van der Waals surface area contributed by atoms with Crippen molar-refractivity contribution in [2.75, 3.05) is 54.9 Å². The zero-order valence-corrected chi connectivity index (χ0v) is 29.8. The van der Waals surface area contributed by atoms with Gasteiger partial charge in [-0.2, -0.15) is 9.97 Å². The highest BCUT2D eigenvalue weighted by molar-refractivity contribution is 7.17. The minimum atomic E-state index is -0.362. The molecule has 252 valence electrons. The van der Waals surface area contributed by atoms with E-state index in [9.17, 15) is 4.79 Å². The maximum atomic E-state index is 12.2. The number of esters is 1. The Morgan fingerprint density at radius 3 is 2.00 bits per heavy atom. The molecule has 1 aliphatic heterocycles. The summed E-state index contributed by atoms with van der Waals surface area (Å²) in [6.07, 6.45) is 0. The molecule has 0 aliphatic carbocycles. The largest absolute Gasteiger partial charge is 0.462 e. The molecule has 45 heavy (non-hydrogen) atoms. The summed E-state index contributed by atoms with van der Waals surface area (Å²) in [5.74, 6) is 1.67. The van der Waals surface area contributed by atoms with Crippen LogP contribution < -0.4 is 15.5 Å². The minimum Gasteiger partial charge on any atom is -0.462 e. The van der Waals surface area contributed by atoms with Crippen molar-refractivity contribution < 1.29 is 19.1 Å². The highest BCUT2D eigenvalue weighted by Gasteiger charge is 2.20. The maximum Gasteiger partial charge on any atom is 0.350 e. The van der Waals surface area contributed by atoms with Crippen LogP contribution in [0, 0.1) is 13.8 Å². The van der Waals surface area contributed by atoms with Gasteiger partial charge in [0.2, 0.25) is 5.95 Å². The first-order valence-corrected chi connectivity index (χ1v) is 16.4. The highest BCUT2D eigenvalue weighted by Crippen LogP contribution is 2.27. The number of hydrogen-bond acceptors (Lipinski definition) is 12. The molecule has 0 bridgehead atoms. The van der Waals surface area contributed by atoms with Crippen molar-refractivity contribution in [3.63, 3.8) is 0 Å². The van der Waals surface area contributed by atoms with Crippen molar-refractivity contribution in [1.82, 2.24) is 19.9 Å². The average Bonchev–Trinajstić information content (AvgIpc) is 3.48. The van der Waals surface area contributed by atoms with Gasteiger partial charge < -0.3 is 29.4 Å². The summed E-state index contributed by atoms with van der Waals surface area (Å²) in [5.41, 5.74) is 3.04. The number of aromatic nitrogens is 3. The molecule has 2 N–H and O–H groups in total. The lowest BCUT2D eigenvalue weighted by molar-refractivity contribution is -0.0987. The maximum absolute atomic E-state index is 12.2. The van der Waals surface area contributed by atoms with Crippen molar-refractivity contribution in [2.45, 2.75) is 75.8 Å². The summed E-state index contributed by atoms with van der Waals surface area (Å²) in [6.45, 7) is 29.7. The van der Waals surface area contributed by atoms with E-state index in [-0.39, 0.29) is 5.97 Å². The number of nitrogens with one attached hydrogen (secondary N) is 2. The number of carbonyl (C=O) groups is 3. The fourth-order valence-electron chi connectivity index (χ4n) is 3.87. The van der Waals surface area contributed by atoms with E-state index in [4.69, 9.17) is 19.3 Å². The summed E-state index contributed by atoms with van der Waals surface area (Å²) < 4.78 is 5.14. The predicted octanol–water partition coefficient (Wildman–Crippen LogP) is 6.93. The molecule has 1 fully saturated rings. The molecule has 3 heterocycles. The summed E-state index contributed by atoms with van der Waals surface area (Å²) in [5, 5.41) is 7.20. The van der Waals surface area contributed by atoms with Crippen LogP contribution in [0.25, 0.3) is 0 Å². The Morgan fingerprint density at radius 2 is 1.47 bits per heavy atom. The zero-order chi connectivity index (χ0) is 34.8. The van der Waals surface area contributed by atoms with Crippen LogP contribution in [-0.4, -0.2) is 78.7 Å². The Balaban J connectivity index is 0. The monoisotopic (exact) mass is 645 g/mol. The molecule has 1 aromatic carbocycles. The quantitative estimate of drug-likeness (QED) is 0.235. The van der Waals surface area contributed by atoms with Crippen molar-refractivity contribution >= 4 is 53.6 Å². The lowest BCUT2D eigenvalue weighted by Crippen LogP contribution is -2.46. The third kappa shape index (κ3) is 15.1. The van der Waals surface area contributed by atoms with E-state index < -0.39 is 0 Å². The third-order valence-electron chi connectivity index (χ3n) is 5.93. The number of anilines is 4. The lowest BCUT2D eigenvalue weighted by atomic mass is 10.1. The number of benzene rings is 1. The number of aryl methyl sites for hydroxylation is 2. The van der Waals surface area contributed by atoms with E-state index in [0.717, 1.165) is 44.4 Å². The van der Waals surface area contributed by atoms with Gasteiger partial charge in [0.25, 0.3) is 0 Å². The summed E-state index contributed by atoms with van der Waals surface area (Å²) in [4.78, 5) is 47.4. The number of nitrogens with zero attached hydrogens (tertiary/aromatic N) is 5. The lowest BCUT2D eigenvalue weighted by Gasteiger charge is -2.34. The van der Waals surface area contributed by atoms with Gasteiger partial charge in [-0.05, 0) is 32.9 Å². The fraction of sp³-hybridized carbons (Fsp3) is 0.515. The van der Waals surface area contributed by atoms with Gasteiger partial charge in [0.15, 0.2) is 5.13 Å². The number of piperazine rings is 1. The molecule has 11 nitrogen and oxygen atoms in total. The Morgan fingerprint density at radius 1 is 0.889 bits per heavy atom. The molecule has 12 heteroatoms. The first kappa shape index (κ1) is 43.2. The van der Waals surface area contributed by atoms with Crippen molar-refractivity contribution in [2.24, 2.45) is 0 Å². The van der Waals surface area contributed by atoms with Crippen LogP contribution in [0.15, 0.2) is 30.3 Å². The smallest absolute Gasteiger partial charge is 0.350 e. The summed E-state index contributed by atoms with van der Waals surface area (Å²) in [6, 6.07) is 10.4. The van der Waals surface area contributed by atoms with Crippen LogP contribution >= 0.6 is 11.3 Å². The second-order valence-electron chi connectivity index (χ2n) is 8.47. The van der Waals surface area contributed by atoms with Crippen molar-refractivity contribution in [3.8, 4) is 0 Å². The van der Waals surface area contributed by atoms with Gasteiger partial charge >= 0.3 is 5.97 Å². The molecule has 2 aromatic heterocycles. The van der Waals surface area contributed by atoms with Crippen LogP contribution in [0.2, 0.25) is 0 Å². The summed E-state index contributed by atoms with van der Waals surface area (Å²) >= 11 is 1.25. The second-order valence-corrected chi connectivity index (χ2v) is 9.47. The molecule has 0 saturated carbocycles. The number of ether oxygens (including phenoxy) is 1. The van der Waals surface area contributed by atoms with E-state index in [0.29, 0.717) is 34.8 Å². The van der Waals surface area contributed by atoms with Crippen LogP contribution in [0.3, 0.4) is 0 Å². The molecule has 1 saturated heterocycles. The van der Waals surface area contributed by atoms with Gasteiger partial charge in [0, 0.05) is 38.8 Å². The SMILES string of the molecule is C=O.C=O.CC.CC.CC.CCOC(=O)c1sc(Nc2nc(NCc3ccc(C)cc3)cc(N3CCN(CC)CC3)n2)nc1C. The Hall–Kier alpha value is -3.90. The Bertz CT molecular complexity index is 1180. The molecule has 3 aromatic rings. The van der Waals surface area contributed by atoms with E-state index in [2.05, 4.69) is 68.5 Å². The van der Waals surface area contributed by atoms with Crippen LogP contribution in [-0.2, 0) is 20.9 Å². The van der Waals surface area contributed by atoms with Crippen molar-refractivity contribution in [1.29, 1.82) is 0 Å². The van der Waals surface area contributed by atoms with Gasteiger partial charge in [0.1, 0.15) is 30.1 Å². The van der Waals surface area contributed by atoms with E-state index in [1.807, 2.05) is 61.2 Å². The molecule has 4 rings (SSSR count). The molecule has 0 atom stereocenters. The van der Waals surface area contributed by atoms with Crippen LogP contribution in [0.1, 0.15) is 81.9 Å². The Labute approximate surface area is 274 Å². The topological polar surface area (TPSA) is 130 Å². The van der Waals surface area contributed by atoms with Gasteiger partial charge in [-0.1, -0.05) is 89.6 Å². The second kappa shape index (κ2) is 26.5. The number of thiazole rings is 1. The summed E-state index contributed by atoms with van der Waals surface area (Å²) in [7, 11) is 0. The van der Waals surface area contributed by atoms with E-state index in [1.165, 1.54) is 22.5 Å². The molecule has 0 spiro atoms. The highest BCUT2D eigenvalue weighted by atomic mass is 32.1. The van der Waals surface area contributed by atoms with Gasteiger partial charge in [0.05, 0.1) is 12.3 Å². The van der Waals surface area contributed by atoms with Gasteiger partial charge in [-0.25, -0.2) is 9.78 Å². The average molecular weight is 646 g/mol. The van der Waals surface area contributed by atoms with E-state index in [1.54, 1.807) is 13.8 Å². The van der Waals surface area contributed by atoms with Gasteiger partial charge in [-0.3, -0.25) is 5.32 Å². The standard InChI is InChI=1S/C25H33N7O2S.3C2H6.2CH2O/c1-5-31-11-13-32(14-12-31)21-15-20(26-16-19-9-7-17(3)8-10-19)28-24(29-21)30-25-27-18(4)22(35-25)23(33)34-6-2;5*1-2/h7-10,15H,5-6,11-14,16H2,1-4H3,(H2,26,27,28,29,30);3*1-2H3;2*1H2. The first-order valence-electron chi connectivity index (χ1n) is 15.6. The van der Waals surface area contributed by atoms with Crippen molar-refractivity contribution in [3.05, 3.63) is 52.0 Å². The number of hydrogen-bond donors (Lipinski definition) is 2. The molecule has 0 unspecified atom stereocenters.